The maximum Gasteiger partial charge on any atom is 0.151 e. The third kappa shape index (κ3) is 4.60. The maximum absolute atomic E-state index is 10.9. The summed E-state index contributed by atoms with van der Waals surface area (Å²) in [5, 5.41) is 1.97. The molecule has 0 radical (unpaired) electrons. The summed E-state index contributed by atoms with van der Waals surface area (Å²) in [6.07, 6.45) is 8.23. The number of thioether (sulfide) groups is 1. The first-order chi connectivity index (χ1) is 8.81. The van der Waals surface area contributed by atoms with E-state index in [0.29, 0.717) is 5.57 Å². The van der Waals surface area contributed by atoms with Crippen LogP contribution in [0.25, 0.3) is 6.08 Å². The second-order valence-electron chi connectivity index (χ2n) is 3.47. The standard InChI is InChI=1S/C16H16OS/c1-3-8-16(15(4-2)13-17)18-12-11-14-9-6-5-7-10-14/h3-13H,2H2,1H3/b8-3-,12-11-,16-15-. The maximum atomic E-state index is 10.9. The Labute approximate surface area is 113 Å². The first-order valence-corrected chi connectivity index (χ1v) is 6.52. The molecular formula is C16H16OS. The Kier molecular flexibility index (Phi) is 6.59. The number of aldehydes is 1. The third-order valence-corrected chi connectivity index (χ3v) is 3.10. The fraction of sp³-hybridized carbons (Fsp3) is 0.0625. The van der Waals surface area contributed by atoms with E-state index in [9.17, 15) is 4.79 Å². The molecule has 18 heavy (non-hydrogen) atoms. The molecule has 0 fully saturated rings. The zero-order valence-corrected chi connectivity index (χ0v) is 11.2. The molecule has 0 spiro atoms. The number of hydrogen-bond acceptors (Lipinski definition) is 2. The molecule has 1 nitrogen and oxygen atoms in total. The van der Waals surface area contributed by atoms with Gasteiger partial charge >= 0.3 is 0 Å². The van der Waals surface area contributed by atoms with Crippen molar-refractivity contribution < 1.29 is 4.79 Å². The Morgan fingerprint density at radius 2 is 2.00 bits per heavy atom. The summed E-state index contributed by atoms with van der Waals surface area (Å²) in [4.78, 5) is 11.8. The molecule has 1 rings (SSSR count). The molecule has 0 saturated heterocycles. The molecule has 0 aliphatic carbocycles. The van der Waals surface area contributed by atoms with Gasteiger partial charge in [0.05, 0.1) is 0 Å². The van der Waals surface area contributed by atoms with Gasteiger partial charge in [-0.25, -0.2) is 0 Å². The highest BCUT2D eigenvalue weighted by molar-refractivity contribution is 8.06. The molecule has 0 unspecified atom stereocenters. The van der Waals surface area contributed by atoms with Crippen molar-refractivity contribution in [2.75, 3.05) is 0 Å². The van der Waals surface area contributed by atoms with Gasteiger partial charge in [0.15, 0.2) is 6.29 Å². The van der Waals surface area contributed by atoms with Crippen molar-refractivity contribution in [3.8, 4) is 0 Å². The minimum atomic E-state index is 0.607. The predicted octanol–water partition coefficient (Wildman–Crippen LogP) is 4.61. The van der Waals surface area contributed by atoms with Crippen molar-refractivity contribution in [2.45, 2.75) is 6.92 Å². The molecule has 0 aliphatic heterocycles. The van der Waals surface area contributed by atoms with Crippen LogP contribution in [0.4, 0.5) is 0 Å². The van der Waals surface area contributed by atoms with Crippen LogP contribution in [-0.2, 0) is 4.79 Å². The summed E-state index contributed by atoms with van der Waals surface area (Å²) in [5.41, 5.74) is 1.74. The van der Waals surface area contributed by atoms with Gasteiger partial charge in [0.1, 0.15) is 0 Å². The van der Waals surface area contributed by atoms with Crippen LogP contribution in [-0.4, -0.2) is 6.29 Å². The lowest BCUT2D eigenvalue weighted by atomic mass is 10.2. The first-order valence-electron chi connectivity index (χ1n) is 5.64. The SMILES string of the molecule is C=C/C(C=O)=C(\C=C/C)S/C=C\c1ccccc1. The van der Waals surface area contributed by atoms with Gasteiger partial charge in [0, 0.05) is 10.5 Å². The van der Waals surface area contributed by atoms with Crippen molar-refractivity contribution in [3.63, 3.8) is 0 Å². The largest absolute Gasteiger partial charge is 0.298 e. The van der Waals surface area contributed by atoms with Crippen LogP contribution in [0.2, 0.25) is 0 Å². The van der Waals surface area contributed by atoms with Gasteiger partial charge in [-0.2, -0.15) is 0 Å². The lowest BCUT2D eigenvalue weighted by Crippen LogP contribution is -1.83. The van der Waals surface area contributed by atoms with Crippen LogP contribution in [0, 0.1) is 0 Å². The molecule has 0 saturated carbocycles. The van der Waals surface area contributed by atoms with Crippen molar-refractivity contribution in [2.24, 2.45) is 0 Å². The highest BCUT2D eigenvalue weighted by atomic mass is 32.2. The topological polar surface area (TPSA) is 17.1 Å². The molecule has 0 amide bonds. The lowest BCUT2D eigenvalue weighted by Gasteiger charge is -2.00. The van der Waals surface area contributed by atoms with Gasteiger partial charge < -0.3 is 0 Å². The molecule has 1 aromatic rings. The van der Waals surface area contributed by atoms with Crippen molar-refractivity contribution in [1.29, 1.82) is 0 Å². The molecule has 2 heteroatoms. The fourth-order valence-corrected chi connectivity index (χ4v) is 2.17. The average Bonchev–Trinajstić information content (AvgIpc) is 2.41. The number of allylic oxidation sites excluding steroid dienone is 4. The van der Waals surface area contributed by atoms with Crippen LogP contribution in [0.5, 0.6) is 0 Å². The molecule has 0 atom stereocenters. The van der Waals surface area contributed by atoms with Crippen LogP contribution in [0.15, 0.2) is 71.0 Å². The summed E-state index contributed by atoms with van der Waals surface area (Å²) in [7, 11) is 0. The second kappa shape index (κ2) is 8.31. The van der Waals surface area contributed by atoms with Gasteiger partial charge in [0.2, 0.25) is 0 Å². The van der Waals surface area contributed by atoms with Gasteiger partial charge in [0.25, 0.3) is 0 Å². The molecule has 0 heterocycles. The third-order valence-electron chi connectivity index (χ3n) is 2.20. The van der Waals surface area contributed by atoms with Crippen LogP contribution < -0.4 is 0 Å². The molecule has 92 valence electrons. The fourth-order valence-electron chi connectivity index (χ4n) is 1.31. The number of hydrogen-bond donors (Lipinski definition) is 0. The summed E-state index contributed by atoms with van der Waals surface area (Å²) in [6, 6.07) is 10.0. The Hall–Kier alpha value is -1.80. The van der Waals surface area contributed by atoms with Gasteiger partial charge in [-0.15, -0.1) is 0 Å². The minimum Gasteiger partial charge on any atom is -0.298 e. The minimum absolute atomic E-state index is 0.607. The molecular weight excluding hydrogens is 240 g/mol. The lowest BCUT2D eigenvalue weighted by molar-refractivity contribution is -0.104. The first kappa shape index (κ1) is 14.3. The molecule has 0 aromatic heterocycles. The second-order valence-corrected chi connectivity index (χ2v) is 4.42. The number of benzene rings is 1. The highest BCUT2D eigenvalue weighted by Gasteiger charge is 1.98. The summed E-state index contributed by atoms with van der Waals surface area (Å²) >= 11 is 1.51. The Morgan fingerprint density at radius 1 is 1.28 bits per heavy atom. The van der Waals surface area contributed by atoms with E-state index in [-0.39, 0.29) is 0 Å². The van der Waals surface area contributed by atoms with Gasteiger partial charge in [-0.05, 0) is 24.0 Å². The van der Waals surface area contributed by atoms with Crippen molar-refractivity contribution >= 4 is 24.1 Å². The highest BCUT2D eigenvalue weighted by Crippen LogP contribution is 2.23. The quantitative estimate of drug-likeness (QED) is 0.420. The van der Waals surface area contributed by atoms with E-state index in [1.807, 2.05) is 60.9 Å². The summed E-state index contributed by atoms with van der Waals surface area (Å²) < 4.78 is 0. The number of carbonyl (C=O) groups is 1. The normalized spacial score (nSPS) is 12.7. The summed E-state index contributed by atoms with van der Waals surface area (Å²) in [5.74, 6) is 0. The molecule has 0 bridgehead atoms. The van der Waals surface area contributed by atoms with Crippen LogP contribution >= 0.6 is 11.8 Å². The monoisotopic (exact) mass is 256 g/mol. The summed E-state index contributed by atoms with van der Waals surface area (Å²) in [6.45, 7) is 5.56. The Bertz CT molecular complexity index is 471. The zero-order chi connectivity index (χ0) is 13.2. The van der Waals surface area contributed by atoms with Gasteiger partial charge in [-0.3, -0.25) is 4.79 Å². The Morgan fingerprint density at radius 3 is 2.56 bits per heavy atom. The van der Waals surface area contributed by atoms with E-state index < -0.39 is 0 Å². The van der Waals surface area contributed by atoms with Crippen LogP contribution in [0.3, 0.4) is 0 Å². The van der Waals surface area contributed by atoms with Crippen molar-refractivity contribution in [3.05, 3.63) is 76.6 Å². The van der Waals surface area contributed by atoms with E-state index in [2.05, 4.69) is 6.58 Å². The van der Waals surface area contributed by atoms with E-state index in [1.165, 1.54) is 11.8 Å². The molecule has 0 N–H and O–H groups in total. The smallest absolute Gasteiger partial charge is 0.151 e. The van der Waals surface area contributed by atoms with Crippen LogP contribution in [0.1, 0.15) is 12.5 Å². The number of carbonyl (C=O) groups excluding carboxylic acids is 1. The van der Waals surface area contributed by atoms with E-state index in [0.717, 1.165) is 16.8 Å². The predicted molar refractivity (Wildman–Crippen MR) is 81.2 cm³/mol. The van der Waals surface area contributed by atoms with Crippen molar-refractivity contribution in [1.82, 2.24) is 0 Å². The zero-order valence-electron chi connectivity index (χ0n) is 10.4. The Balaban J connectivity index is 2.81. The van der Waals surface area contributed by atoms with E-state index in [1.54, 1.807) is 6.08 Å². The molecule has 0 aliphatic rings. The van der Waals surface area contributed by atoms with Gasteiger partial charge in [-0.1, -0.05) is 66.9 Å². The number of rotatable bonds is 6. The van der Waals surface area contributed by atoms with E-state index in [4.69, 9.17) is 0 Å². The van der Waals surface area contributed by atoms with E-state index >= 15 is 0 Å². The molecule has 1 aromatic carbocycles. The average molecular weight is 256 g/mol.